The van der Waals surface area contributed by atoms with Gasteiger partial charge in [0, 0.05) is 30.2 Å². The number of aromatic nitrogens is 3. The number of benzene rings is 2. The first-order valence-corrected chi connectivity index (χ1v) is 12.2. The Labute approximate surface area is 201 Å². The Kier molecular flexibility index (Phi) is 5.95. The number of amides is 1. The highest BCUT2D eigenvalue weighted by atomic mass is 35.5. The number of carbonyl (C=O) groups excluding carboxylic acids is 1. The summed E-state index contributed by atoms with van der Waals surface area (Å²) in [7, 11) is 0. The van der Waals surface area contributed by atoms with Crippen LogP contribution in [0, 0.1) is 13.8 Å². The molecule has 0 unspecified atom stereocenters. The van der Waals surface area contributed by atoms with Crippen LogP contribution in [0.15, 0.2) is 36.4 Å². The van der Waals surface area contributed by atoms with E-state index in [1.165, 1.54) is 29.9 Å². The third-order valence-corrected chi connectivity index (χ3v) is 7.01. The van der Waals surface area contributed by atoms with Crippen LogP contribution in [0.3, 0.4) is 0 Å². The van der Waals surface area contributed by atoms with Crippen LogP contribution >= 0.6 is 22.9 Å². The van der Waals surface area contributed by atoms with Gasteiger partial charge in [0.05, 0.1) is 26.8 Å². The molecule has 2 aromatic heterocycles. The van der Waals surface area contributed by atoms with E-state index in [9.17, 15) is 4.79 Å². The van der Waals surface area contributed by atoms with Gasteiger partial charge in [-0.3, -0.25) is 4.79 Å². The Morgan fingerprint density at radius 3 is 2.73 bits per heavy atom. The van der Waals surface area contributed by atoms with Crippen LogP contribution in [0.5, 0.6) is 0 Å². The standard InChI is InChI=1S/C24H25ClN6OS/c1-14-22(27-15(2)33-14)23(32)26-13-16-5-7-18(25)20(11-16)29-24-28-19-8-6-17(12-21(19)30-24)31-9-3-4-10-31/h5-8,11-12H,3-4,9-10,13H2,1-2H3,(H,26,32)(H2,28,29,30). The Bertz CT molecular complexity index is 1320. The Morgan fingerprint density at radius 2 is 1.97 bits per heavy atom. The lowest BCUT2D eigenvalue weighted by Crippen LogP contribution is -2.23. The van der Waals surface area contributed by atoms with E-state index in [0.29, 0.717) is 23.2 Å². The summed E-state index contributed by atoms with van der Waals surface area (Å²) in [4.78, 5) is 28.1. The molecule has 1 fully saturated rings. The average Bonchev–Trinajstić information content (AvgIpc) is 3.53. The molecular formula is C24H25ClN6OS. The zero-order chi connectivity index (χ0) is 22.9. The molecule has 3 N–H and O–H groups in total. The number of hydrogen-bond acceptors (Lipinski definition) is 6. The second kappa shape index (κ2) is 9.03. The SMILES string of the molecule is Cc1nc(C(=O)NCc2ccc(Cl)c(Nc3nc4cc(N5CCCC5)ccc4[nH]3)c2)c(C)s1. The molecule has 1 aliphatic heterocycles. The number of imidazole rings is 1. The third-order valence-electron chi connectivity index (χ3n) is 5.79. The largest absolute Gasteiger partial charge is 0.371 e. The highest BCUT2D eigenvalue weighted by Crippen LogP contribution is 2.29. The third kappa shape index (κ3) is 4.67. The minimum atomic E-state index is -0.174. The number of H-pyrrole nitrogens is 1. The van der Waals surface area contributed by atoms with Crippen molar-refractivity contribution in [3.8, 4) is 0 Å². The van der Waals surface area contributed by atoms with E-state index >= 15 is 0 Å². The molecule has 2 aromatic carbocycles. The molecule has 0 radical (unpaired) electrons. The van der Waals surface area contributed by atoms with E-state index in [1.54, 1.807) is 0 Å². The molecule has 0 atom stereocenters. The van der Waals surface area contributed by atoms with Crippen molar-refractivity contribution in [2.24, 2.45) is 0 Å². The number of fused-ring (bicyclic) bond motifs is 1. The van der Waals surface area contributed by atoms with Crippen molar-refractivity contribution in [1.29, 1.82) is 0 Å². The molecule has 0 aliphatic carbocycles. The van der Waals surface area contributed by atoms with E-state index in [1.807, 2.05) is 32.0 Å². The summed E-state index contributed by atoms with van der Waals surface area (Å²) in [6.07, 6.45) is 2.48. The summed E-state index contributed by atoms with van der Waals surface area (Å²) >= 11 is 7.95. The normalized spacial score (nSPS) is 13.6. The molecule has 3 heterocycles. The number of thiazole rings is 1. The van der Waals surface area contributed by atoms with Crippen LogP contribution in [0.2, 0.25) is 5.02 Å². The van der Waals surface area contributed by atoms with E-state index in [4.69, 9.17) is 16.6 Å². The molecule has 0 spiro atoms. The average molecular weight is 481 g/mol. The first kappa shape index (κ1) is 21.7. The monoisotopic (exact) mass is 480 g/mol. The van der Waals surface area contributed by atoms with Crippen molar-refractivity contribution < 1.29 is 4.79 Å². The van der Waals surface area contributed by atoms with Crippen LogP contribution in [-0.4, -0.2) is 33.9 Å². The quantitative estimate of drug-likeness (QED) is 0.336. The number of nitrogens with one attached hydrogen (secondary N) is 3. The lowest BCUT2D eigenvalue weighted by Gasteiger charge is -2.16. The molecular weight excluding hydrogens is 456 g/mol. The summed E-state index contributed by atoms with van der Waals surface area (Å²) < 4.78 is 0. The zero-order valence-corrected chi connectivity index (χ0v) is 20.1. The summed E-state index contributed by atoms with van der Waals surface area (Å²) in [5.74, 6) is 0.452. The number of aromatic amines is 1. The molecule has 170 valence electrons. The van der Waals surface area contributed by atoms with Crippen LogP contribution < -0.4 is 15.5 Å². The fraction of sp³-hybridized carbons (Fsp3) is 0.292. The summed E-state index contributed by atoms with van der Waals surface area (Å²) in [5.41, 5.74) is 5.22. The second-order valence-corrected chi connectivity index (χ2v) is 10.1. The molecule has 9 heteroatoms. The molecule has 4 aromatic rings. The molecule has 1 aliphatic rings. The van der Waals surface area contributed by atoms with Crippen LogP contribution in [0.25, 0.3) is 11.0 Å². The Morgan fingerprint density at radius 1 is 1.15 bits per heavy atom. The summed E-state index contributed by atoms with van der Waals surface area (Å²) in [6.45, 7) is 6.38. The maximum atomic E-state index is 12.5. The van der Waals surface area contributed by atoms with Gasteiger partial charge in [0.15, 0.2) is 0 Å². The second-order valence-electron chi connectivity index (χ2n) is 8.24. The molecule has 1 saturated heterocycles. The lowest BCUT2D eigenvalue weighted by molar-refractivity contribution is 0.0946. The van der Waals surface area contributed by atoms with Gasteiger partial charge in [0.1, 0.15) is 5.69 Å². The van der Waals surface area contributed by atoms with Gasteiger partial charge in [-0.1, -0.05) is 17.7 Å². The van der Waals surface area contributed by atoms with Gasteiger partial charge in [-0.05, 0) is 62.6 Å². The number of hydrogen-bond donors (Lipinski definition) is 3. The van der Waals surface area contributed by atoms with Crippen LogP contribution in [0.4, 0.5) is 17.3 Å². The number of halogens is 1. The van der Waals surface area contributed by atoms with E-state index in [-0.39, 0.29) is 5.91 Å². The highest BCUT2D eigenvalue weighted by molar-refractivity contribution is 7.11. The number of anilines is 3. The predicted octanol–water partition coefficient (Wildman–Crippen LogP) is 5.56. The number of nitrogens with zero attached hydrogens (tertiary/aromatic N) is 3. The molecule has 0 saturated carbocycles. The highest BCUT2D eigenvalue weighted by Gasteiger charge is 2.15. The molecule has 33 heavy (non-hydrogen) atoms. The fourth-order valence-electron chi connectivity index (χ4n) is 4.14. The smallest absolute Gasteiger partial charge is 0.271 e. The molecule has 7 nitrogen and oxygen atoms in total. The van der Waals surface area contributed by atoms with Crippen molar-refractivity contribution in [2.45, 2.75) is 33.2 Å². The molecule has 1 amide bonds. The number of carbonyl (C=O) groups is 1. The summed E-state index contributed by atoms with van der Waals surface area (Å²) in [6, 6.07) is 12.0. The van der Waals surface area contributed by atoms with Gasteiger partial charge in [-0.2, -0.15) is 0 Å². The topological polar surface area (TPSA) is 85.9 Å². The maximum absolute atomic E-state index is 12.5. The van der Waals surface area contributed by atoms with Crippen molar-refractivity contribution in [2.75, 3.05) is 23.3 Å². The minimum Gasteiger partial charge on any atom is -0.371 e. The zero-order valence-electron chi connectivity index (χ0n) is 18.5. The first-order chi connectivity index (χ1) is 16.0. The van der Waals surface area contributed by atoms with Crippen molar-refractivity contribution in [3.63, 3.8) is 0 Å². The predicted molar refractivity (Wildman–Crippen MR) is 135 cm³/mol. The Hall–Kier alpha value is -3.10. The summed E-state index contributed by atoms with van der Waals surface area (Å²) in [5, 5.41) is 7.69. The van der Waals surface area contributed by atoms with Gasteiger partial charge in [0.25, 0.3) is 5.91 Å². The van der Waals surface area contributed by atoms with Crippen LogP contribution in [-0.2, 0) is 6.54 Å². The van der Waals surface area contributed by atoms with Gasteiger partial charge in [0.2, 0.25) is 5.95 Å². The molecule has 0 bridgehead atoms. The van der Waals surface area contributed by atoms with E-state index in [0.717, 1.165) is 45.3 Å². The van der Waals surface area contributed by atoms with Crippen LogP contribution in [0.1, 0.15) is 38.8 Å². The van der Waals surface area contributed by atoms with Crippen molar-refractivity contribution in [1.82, 2.24) is 20.3 Å². The van der Waals surface area contributed by atoms with E-state index in [2.05, 4.69) is 43.7 Å². The Balaban J connectivity index is 1.30. The lowest BCUT2D eigenvalue weighted by atomic mass is 10.2. The van der Waals surface area contributed by atoms with Gasteiger partial charge in [-0.15, -0.1) is 11.3 Å². The van der Waals surface area contributed by atoms with E-state index < -0.39 is 0 Å². The van der Waals surface area contributed by atoms with Gasteiger partial charge >= 0.3 is 0 Å². The molecule has 5 rings (SSSR count). The number of aryl methyl sites for hydroxylation is 2. The van der Waals surface area contributed by atoms with Crippen molar-refractivity contribution in [3.05, 3.63) is 62.6 Å². The van der Waals surface area contributed by atoms with Gasteiger partial charge < -0.3 is 20.5 Å². The fourth-order valence-corrected chi connectivity index (χ4v) is 5.12. The van der Waals surface area contributed by atoms with Crippen molar-refractivity contribution >= 4 is 57.2 Å². The minimum absolute atomic E-state index is 0.174. The maximum Gasteiger partial charge on any atom is 0.271 e. The first-order valence-electron chi connectivity index (χ1n) is 11.0. The number of rotatable bonds is 6. The van der Waals surface area contributed by atoms with Gasteiger partial charge in [-0.25, -0.2) is 9.97 Å².